The maximum absolute atomic E-state index is 2.28. The zero-order valence-electron chi connectivity index (χ0n) is 6.75. The second kappa shape index (κ2) is 3.48. The van der Waals surface area contributed by atoms with Crippen LogP contribution < -0.4 is 0 Å². The number of hydrogen-bond donors (Lipinski definition) is 0. The van der Waals surface area contributed by atoms with Crippen molar-refractivity contribution in [2.75, 3.05) is 0 Å². The van der Waals surface area contributed by atoms with E-state index in [4.69, 9.17) is 0 Å². The Labute approximate surface area is 85.7 Å². The monoisotopic (exact) mass is 261 g/mol. The number of fused-ring (bicyclic) bond motifs is 1. The molecule has 57 valence electrons. The third kappa shape index (κ3) is 1.48. The van der Waals surface area contributed by atoms with Gasteiger partial charge in [-0.15, -0.1) is 0 Å². The summed E-state index contributed by atoms with van der Waals surface area (Å²) in [6.07, 6.45) is 0. The average molecular weight is 260 g/mol. The molecule has 0 aromatic heterocycles. The first kappa shape index (κ1) is 8.11. The van der Waals surface area contributed by atoms with Crippen LogP contribution in [0.2, 0.25) is 0 Å². The van der Waals surface area contributed by atoms with E-state index in [0.717, 1.165) is 0 Å². The molecule has 2 aromatic rings. The van der Waals surface area contributed by atoms with Crippen molar-refractivity contribution in [3.05, 3.63) is 48.0 Å². The SMILES string of the molecule is [Sn][CH2]c1ccc2ccccc2c1. The maximum atomic E-state index is 2.28. The summed E-state index contributed by atoms with van der Waals surface area (Å²) < 4.78 is 1.21. The third-order valence-corrected chi connectivity index (χ3v) is 3.18. The van der Waals surface area contributed by atoms with Gasteiger partial charge in [0.15, 0.2) is 0 Å². The van der Waals surface area contributed by atoms with Crippen LogP contribution in [0.1, 0.15) is 5.56 Å². The Morgan fingerprint density at radius 1 is 0.917 bits per heavy atom. The fourth-order valence-electron chi connectivity index (χ4n) is 1.35. The van der Waals surface area contributed by atoms with Gasteiger partial charge in [-0.25, -0.2) is 0 Å². The Morgan fingerprint density at radius 2 is 1.67 bits per heavy atom. The van der Waals surface area contributed by atoms with Crippen LogP contribution in [0.15, 0.2) is 42.5 Å². The second-order valence-corrected chi connectivity index (χ2v) is 3.87. The second-order valence-electron chi connectivity index (χ2n) is 2.86. The molecule has 0 spiro atoms. The summed E-state index contributed by atoms with van der Waals surface area (Å²) >= 11 is 1.58. The summed E-state index contributed by atoms with van der Waals surface area (Å²) in [7, 11) is 0. The molecule has 0 fully saturated rings. The fourth-order valence-corrected chi connectivity index (χ4v) is 1.98. The van der Waals surface area contributed by atoms with Crippen LogP contribution in [0.5, 0.6) is 0 Å². The van der Waals surface area contributed by atoms with Gasteiger partial charge in [-0.05, 0) is 0 Å². The summed E-state index contributed by atoms with van der Waals surface area (Å²) in [6.45, 7) is 0. The average Bonchev–Trinajstić information content (AvgIpc) is 2.17. The standard InChI is InChI=1S/C11H9.Sn/c1-9-6-7-10-4-2-3-5-11(10)8-9;/h2-8H,1H2;. The van der Waals surface area contributed by atoms with E-state index in [2.05, 4.69) is 42.5 Å². The first-order valence-electron chi connectivity index (χ1n) is 4.02. The zero-order valence-corrected chi connectivity index (χ0v) is 9.60. The first-order chi connectivity index (χ1) is 5.90. The van der Waals surface area contributed by atoms with Gasteiger partial charge in [-0.1, -0.05) is 0 Å². The number of rotatable bonds is 1. The Bertz CT molecular complexity index is 393. The quantitative estimate of drug-likeness (QED) is 0.691. The molecule has 1 heteroatoms. The molecule has 0 aliphatic heterocycles. The van der Waals surface area contributed by atoms with Crippen molar-refractivity contribution in [3.8, 4) is 0 Å². The van der Waals surface area contributed by atoms with Gasteiger partial charge in [-0.3, -0.25) is 0 Å². The van der Waals surface area contributed by atoms with Crippen molar-refractivity contribution in [3.63, 3.8) is 0 Å². The first-order valence-corrected chi connectivity index (χ1v) is 6.04. The minimum absolute atomic E-state index is 1.21. The summed E-state index contributed by atoms with van der Waals surface area (Å²) in [6, 6.07) is 15.2. The molecule has 0 amide bonds. The Hall–Kier alpha value is -0.501. The van der Waals surface area contributed by atoms with Crippen LogP contribution in [0, 0.1) is 0 Å². The predicted octanol–water partition coefficient (Wildman–Crippen LogP) is 2.51. The van der Waals surface area contributed by atoms with E-state index in [9.17, 15) is 0 Å². The molecule has 2 rings (SSSR count). The van der Waals surface area contributed by atoms with Crippen molar-refractivity contribution < 1.29 is 0 Å². The molecule has 0 nitrogen and oxygen atoms in total. The van der Waals surface area contributed by atoms with E-state index in [-0.39, 0.29) is 0 Å². The molecule has 0 N–H and O–H groups in total. The predicted molar refractivity (Wildman–Crippen MR) is 53.4 cm³/mol. The molecule has 0 aliphatic carbocycles. The van der Waals surface area contributed by atoms with Gasteiger partial charge in [-0.2, -0.15) is 0 Å². The summed E-state index contributed by atoms with van der Waals surface area (Å²) in [5, 5.41) is 2.70. The van der Waals surface area contributed by atoms with Crippen LogP contribution in [-0.2, 0) is 4.44 Å². The van der Waals surface area contributed by atoms with Crippen molar-refractivity contribution in [2.24, 2.45) is 0 Å². The van der Waals surface area contributed by atoms with Gasteiger partial charge in [0.2, 0.25) is 0 Å². The summed E-state index contributed by atoms with van der Waals surface area (Å²) in [4.78, 5) is 0. The van der Waals surface area contributed by atoms with Crippen molar-refractivity contribution in [2.45, 2.75) is 4.44 Å². The van der Waals surface area contributed by atoms with Gasteiger partial charge in [0.05, 0.1) is 0 Å². The molecular weight excluding hydrogens is 251 g/mol. The summed E-state index contributed by atoms with van der Waals surface area (Å²) in [5.74, 6) is 0. The van der Waals surface area contributed by atoms with E-state index >= 15 is 0 Å². The minimum atomic E-state index is 1.21. The van der Waals surface area contributed by atoms with Gasteiger partial charge in [0, 0.05) is 0 Å². The van der Waals surface area contributed by atoms with Crippen LogP contribution in [-0.4, -0.2) is 22.5 Å². The molecule has 2 aromatic carbocycles. The van der Waals surface area contributed by atoms with E-state index in [1.807, 2.05) is 0 Å². The van der Waals surface area contributed by atoms with Gasteiger partial charge in [0.1, 0.15) is 0 Å². The number of hydrogen-bond acceptors (Lipinski definition) is 0. The third-order valence-electron chi connectivity index (χ3n) is 2.02. The molecule has 0 heterocycles. The number of benzene rings is 2. The van der Waals surface area contributed by atoms with Gasteiger partial charge in [0.25, 0.3) is 0 Å². The molecule has 0 saturated carbocycles. The van der Waals surface area contributed by atoms with Crippen LogP contribution in [0.4, 0.5) is 0 Å². The molecule has 3 radical (unpaired) electrons. The van der Waals surface area contributed by atoms with E-state index in [0.29, 0.717) is 0 Å². The molecule has 0 aliphatic rings. The normalized spacial score (nSPS) is 10.4. The van der Waals surface area contributed by atoms with E-state index < -0.39 is 0 Å². The molecular formula is C11H9Sn. The van der Waals surface area contributed by atoms with Crippen LogP contribution >= 0.6 is 0 Å². The van der Waals surface area contributed by atoms with Crippen molar-refractivity contribution in [1.82, 2.24) is 0 Å². The fraction of sp³-hybridized carbons (Fsp3) is 0.0909. The topological polar surface area (TPSA) is 0 Å². The van der Waals surface area contributed by atoms with Gasteiger partial charge >= 0.3 is 85.8 Å². The molecule has 0 saturated heterocycles. The zero-order chi connectivity index (χ0) is 8.39. The Balaban J connectivity index is 2.67. The van der Waals surface area contributed by atoms with Crippen LogP contribution in [0.3, 0.4) is 0 Å². The summed E-state index contributed by atoms with van der Waals surface area (Å²) in [5.41, 5.74) is 1.45. The molecule has 0 unspecified atom stereocenters. The molecule has 0 atom stereocenters. The van der Waals surface area contributed by atoms with Gasteiger partial charge < -0.3 is 0 Å². The Kier molecular flexibility index (Phi) is 2.35. The Morgan fingerprint density at radius 3 is 2.42 bits per heavy atom. The van der Waals surface area contributed by atoms with E-state index in [1.54, 1.807) is 22.5 Å². The van der Waals surface area contributed by atoms with Crippen molar-refractivity contribution in [1.29, 1.82) is 0 Å². The molecule has 0 bridgehead atoms. The van der Waals surface area contributed by atoms with Crippen LogP contribution in [0.25, 0.3) is 10.8 Å². The molecule has 12 heavy (non-hydrogen) atoms. The van der Waals surface area contributed by atoms with Crippen molar-refractivity contribution >= 4 is 33.3 Å². The van der Waals surface area contributed by atoms with E-state index in [1.165, 1.54) is 20.8 Å².